The number of alkyl halides is 3. The zero-order chi connectivity index (χ0) is 16.2. The summed E-state index contributed by atoms with van der Waals surface area (Å²) < 4.78 is 39.3. The number of fused-ring (bicyclic) bond motifs is 1. The zero-order valence-electron chi connectivity index (χ0n) is 13.0. The fourth-order valence-corrected chi connectivity index (χ4v) is 3.96. The molecule has 1 aromatic rings. The summed E-state index contributed by atoms with van der Waals surface area (Å²) in [7, 11) is 0. The van der Waals surface area contributed by atoms with Crippen molar-refractivity contribution in [1.29, 1.82) is 0 Å². The summed E-state index contributed by atoms with van der Waals surface area (Å²) in [5.74, 6) is 0.941. The van der Waals surface area contributed by atoms with Crippen LogP contribution in [0.15, 0.2) is 24.3 Å². The number of benzene rings is 1. The highest BCUT2D eigenvalue weighted by Crippen LogP contribution is 2.50. The number of rotatable bonds is 4. The van der Waals surface area contributed by atoms with E-state index in [0.29, 0.717) is 11.8 Å². The van der Waals surface area contributed by atoms with Gasteiger partial charge in [-0.3, -0.25) is 4.79 Å². The number of amides is 1. The highest BCUT2D eigenvalue weighted by atomic mass is 35.5. The molecule has 4 rings (SSSR count). The van der Waals surface area contributed by atoms with E-state index < -0.39 is 17.3 Å². The van der Waals surface area contributed by atoms with Gasteiger partial charge in [0.05, 0.1) is 5.56 Å². The molecule has 7 heteroatoms. The Morgan fingerprint density at radius 3 is 2.42 bits per heavy atom. The van der Waals surface area contributed by atoms with Crippen LogP contribution in [0.25, 0.3) is 0 Å². The number of carbonyl (C=O) groups is 1. The van der Waals surface area contributed by atoms with Gasteiger partial charge in [-0.1, -0.05) is 18.2 Å². The Balaban J connectivity index is 0.00000169. The summed E-state index contributed by atoms with van der Waals surface area (Å²) in [5.41, 5.74) is -0.786. The van der Waals surface area contributed by atoms with Crippen molar-refractivity contribution in [3.63, 3.8) is 0 Å². The number of halogens is 4. The first kappa shape index (κ1) is 17.5. The number of hydrogen-bond acceptors (Lipinski definition) is 2. The Bertz CT molecular complexity index is 635. The molecule has 1 amide bonds. The Labute approximate surface area is 144 Å². The molecule has 2 saturated carbocycles. The molecule has 0 radical (unpaired) electrons. The lowest BCUT2D eigenvalue weighted by atomic mass is 9.98. The van der Waals surface area contributed by atoms with Crippen LogP contribution in [0.1, 0.15) is 24.0 Å². The predicted octanol–water partition coefficient (Wildman–Crippen LogP) is 2.78. The van der Waals surface area contributed by atoms with E-state index in [1.807, 2.05) is 0 Å². The minimum atomic E-state index is -4.35. The summed E-state index contributed by atoms with van der Waals surface area (Å²) in [6.07, 6.45) is -2.58. The third-order valence-electron chi connectivity index (χ3n) is 5.49. The number of hydrogen-bond donors (Lipinski definition) is 2. The minimum absolute atomic E-state index is 0. The second kappa shape index (κ2) is 5.92. The first-order valence-corrected chi connectivity index (χ1v) is 8.07. The van der Waals surface area contributed by atoms with Crippen LogP contribution in [0.5, 0.6) is 0 Å². The van der Waals surface area contributed by atoms with Crippen LogP contribution in [0, 0.1) is 17.8 Å². The van der Waals surface area contributed by atoms with Crippen molar-refractivity contribution in [3.05, 3.63) is 35.4 Å². The first-order valence-electron chi connectivity index (χ1n) is 8.07. The molecule has 3 aliphatic rings. The molecule has 3 fully saturated rings. The molecule has 1 heterocycles. The molecule has 0 bridgehead atoms. The van der Waals surface area contributed by atoms with E-state index in [0.717, 1.165) is 32.0 Å². The molecule has 1 aromatic carbocycles. The predicted molar refractivity (Wildman–Crippen MR) is 85.8 cm³/mol. The molecule has 0 aromatic heterocycles. The van der Waals surface area contributed by atoms with Crippen molar-refractivity contribution < 1.29 is 18.0 Å². The summed E-state index contributed by atoms with van der Waals surface area (Å²) in [6, 6.07) is 5.66. The van der Waals surface area contributed by atoms with Gasteiger partial charge in [-0.2, -0.15) is 13.2 Å². The number of piperidine rings is 1. The van der Waals surface area contributed by atoms with Crippen molar-refractivity contribution in [2.24, 2.45) is 17.8 Å². The van der Waals surface area contributed by atoms with E-state index >= 15 is 0 Å². The lowest BCUT2D eigenvalue weighted by Gasteiger charge is -2.21. The molecule has 3 nitrogen and oxygen atoms in total. The highest BCUT2D eigenvalue weighted by Gasteiger charge is 2.58. The van der Waals surface area contributed by atoms with Gasteiger partial charge in [0, 0.05) is 11.5 Å². The van der Waals surface area contributed by atoms with Gasteiger partial charge in [-0.05, 0) is 55.8 Å². The van der Waals surface area contributed by atoms with Crippen molar-refractivity contribution in [1.82, 2.24) is 10.6 Å². The summed E-state index contributed by atoms with van der Waals surface area (Å²) in [6.45, 7) is 1.76. The summed E-state index contributed by atoms with van der Waals surface area (Å²) >= 11 is 0. The van der Waals surface area contributed by atoms with Gasteiger partial charge in [0.25, 0.3) is 0 Å². The molecule has 1 aliphatic heterocycles. The maximum absolute atomic E-state index is 13.1. The minimum Gasteiger partial charge on any atom is -0.350 e. The second-order valence-corrected chi connectivity index (χ2v) is 7.11. The third kappa shape index (κ3) is 3.14. The van der Waals surface area contributed by atoms with Crippen LogP contribution in [0.2, 0.25) is 0 Å². The lowest BCUT2D eigenvalue weighted by molar-refractivity contribution is -0.138. The summed E-state index contributed by atoms with van der Waals surface area (Å²) in [4.78, 5) is 12.4. The van der Waals surface area contributed by atoms with Crippen molar-refractivity contribution in [2.75, 3.05) is 13.1 Å². The van der Waals surface area contributed by atoms with Crippen molar-refractivity contribution >= 4 is 18.3 Å². The average Bonchev–Trinajstić information content (AvgIpc) is 3.35. The van der Waals surface area contributed by atoms with Crippen LogP contribution in [0.4, 0.5) is 13.2 Å². The SMILES string of the molecule is Cl.O=C(NC1(Cc2ccccc2C(F)(F)F)CC1)C1[C@H]2CNC[C@@H]12. The maximum Gasteiger partial charge on any atom is 0.416 e. The van der Waals surface area contributed by atoms with Gasteiger partial charge in [-0.25, -0.2) is 0 Å². The van der Waals surface area contributed by atoms with Gasteiger partial charge in [0.1, 0.15) is 0 Å². The van der Waals surface area contributed by atoms with E-state index in [9.17, 15) is 18.0 Å². The topological polar surface area (TPSA) is 41.1 Å². The highest BCUT2D eigenvalue weighted by molar-refractivity contribution is 5.85. The van der Waals surface area contributed by atoms with Gasteiger partial charge < -0.3 is 10.6 Å². The molecule has 2 aliphatic carbocycles. The second-order valence-electron chi connectivity index (χ2n) is 7.11. The average molecular weight is 361 g/mol. The fraction of sp³-hybridized carbons (Fsp3) is 0.588. The van der Waals surface area contributed by atoms with Crippen LogP contribution in [0.3, 0.4) is 0 Å². The molecule has 3 atom stereocenters. The molecular formula is C17H20ClF3N2O. The molecule has 1 unspecified atom stereocenters. The van der Waals surface area contributed by atoms with Crippen LogP contribution in [-0.4, -0.2) is 24.5 Å². The van der Waals surface area contributed by atoms with Crippen LogP contribution >= 0.6 is 12.4 Å². The quantitative estimate of drug-likeness (QED) is 0.867. The van der Waals surface area contributed by atoms with Gasteiger partial charge in [-0.15, -0.1) is 12.4 Å². The van der Waals surface area contributed by atoms with E-state index in [1.54, 1.807) is 6.07 Å². The van der Waals surface area contributed by atoms with E-state index in [2.05, 4.69) is 10.6 Å². The van der Waals surface area contributed by atoms with Gasteiger partial charge in [0.2, 0.25) is 5.91 Å². The summed E-state index contributed by atoms with van der Waals surface area (Å²) in [5, 5.41) is 6.30. The fourth-order valence-electron chi connectivity index (χ4n) is 3.96. The number of nitrogens with one attached hydrogen (secondary N) is 2. The van der Waals surface area contributed by atoms with E-state index in [4.69, 9.17) is 0 Å². The Hall–Kier alpha value is -1.27. The van der Waals surface area contributed by atoms with Crippen molar-refractivity contribution in [3.8, 4) is 0 Å². The monoisotopic (exact) mass is 360 g/mol. The molecule has 1 saturated heterocycles. The Morgan fingerprint density at radius 1 is 1.21 bits per heavy atom. The first-order chi connectivity index (χ1) is 10.9. The third-order valence-corrected chi connectivity index (χ3v) is 5.49. The van der Waals surface area contributed by atoms with Gasteiger partial charge in [0.15, 0.2) is 0 Å². The van der Waals surface area contributed by atoms with Crippen LogP contribution < -0.4 is 10.6 Å². The zero-order valence-corrected chi connectivity index (χ0v) is 13.8. The lowest BCUT2D eigenvalue weighted by Crippen LogP contribution is -2.41. The molecule has 132 valence electrons. The smallest absolute Gasteiger partial charge is 0.350 e. The standard InChI is InChI=1S/C17H19F3N2O.ClH/c18-17(19,20)13-4-2-1-3-10(13)7-16(5-6-16)22-15(23)14-11-8-21-9-12(11)14;/h1-4,11-12,14,21H,5-9H2,(H,22,23);1H/t11-,12+,14?;. The molecule has 2 N–H and O–H groups in total. The number of carbonyl (C=O) groups excluding carboxylic acids is 1. The van der Waals surface area contributed by atoms with Crippen molar-refractivity contribution in [2.45, 2.75) is 31.0 Å². The molecular weight excluding hydrogens is 341 g/mol. The Morgan fingerprint density at radius 2 is 1.83 bits per heavy atom. The van der Waals surface area contributed by atoms with Crippen LogP contribution in [-0.2, 0) is 17.4 Å². The van der Waals surface area contributed by atoms with Gasteiger partial charge >= 0.3 is 6.18 Å². The van der Waals surface area contributed by atoms with E-state index in [-0.39, 0.29) is 36.2 Å². The molecule has 0 spiro atoms. The van der Waals surface area contributed by atoms with E-state index in [1.165, 1.54) is 12.1 Å². The maximum atomic E-state index is 13.1. The Kier molecular flexibility index (Phi) is 4.33. The molecule has 24 heavy (non-hydrogen) atoms. The largest absolute Gasteiger partial charge is 0.416 e. The normalized spacial score (nSPS) is 29.4.